The van der Waals surface area contributed by atoms with E-state index in [2.05, 4.69) is 20.3 Å². The van der Waals surface area contributed by atoms with Gasteiger partial charge in [0.15, 0.2) is 5.96 Å². The molecule has 2 heterocycles. The molecule has 7 nitrogen and oxygen atoms in total. The summed E-state index contributed by atoms with van der Waals surface area (Å²) < 4.78 is 44.5. The highest BCUT2D eigenvalue weighted by atomic mass is 19.4. The van der Waals surface area contributed by atoms with Crippen molar-refractivity contribution in [1.29, 1.82) is 0 Å². The summed E-state index contributed by atoms with van der Waals surface area (Å²) in [5.74, 6) is 0.737. The first-order chi connectivity index (χ1) is 12.3. The summed E-state index contributed by atoms with van der Waals surface area (Å²) in [5.41, 5.74) is 1.02. The molecule has 1 aliphatic rings. The number of nitrogens with zero attached hydrogens (tertiary/aromatic N) is 5. The smallest absolute Gasteiger partial charge is 0.370 e. The number of guanidine groups is 1. The summed E-state index contributed by atoms with van der Waals surface area (Å²) in [4.78, 5) is 7.66. The van der Waals surface area contributed by atoms with Crippen molar-refractivity contribution in [3.8, 4) is 0 Å². The maximum Gasteiger partial charge on any atom is 0.401 e. The van der Waals surface area contributed by atoms with Gasteiger partial charge in [-0.15, -0.1) is 0 Å². The zero-order chi connectivity index (χ0) is 19.2. The Labute approximate surface area is 151 Å². The molecule has 1 aromatic rings. The van der Waals surface area contributed by atoms with E-state index in [1.54, 1.807) is 17.9 Å². The van der Waals surface area contributed by atoms with Gasteiger partial charge in [-0.2, -0.15) is 18.3 Å². The molecule has 0 bridgehead atoms. The van der Waals surface area contributed by atoms with Crippen LogP contribution in [0.5, 0.6) is 0 Å². The fourth-order valence-electron chi connectivity index (χ4n) is 2.92. The summed E-state index contributed by atoms with van der Waals surface area (Å²) in [5, 5.41) is 7.40. The van der Waals surface area contributed by atoms with Crippen LogP contribution in [-0.4, -0.2) is 85.1 Å². The lowest BCUT2D eigenvalue weighted by atomic mass is 10.1. The molecule has 0 spiro atoms. The van der Waals surface area contributed by atoms with Gasteiger partial charge in [-0.3, -0.25) is 14.6 Å². The van der Waals surface area contributed by atoms with Crippen molar-refractivity contribution in [2.45, 2.75) is 18.7 Å². The molecular formula is C16H27F3N6O. The average molecular weight is 376 g/mol. The van der Waals surface area contributed by atoms with E-state index >= 15 is 0 Å². The molecule has 1 aromatic heterocycles. The van der Waals surface area contributed by atoms with Gasteiger partial charge in [0.05, 0.1) is 25.9 Å². The number of rotatable bonds is 6. The number of nitrogens with one attached hydrogen (secondary N) is 1. The third-order valence-electron chi connectivity index (χ3n) is 4.12. The maximum absolute atomic E-state index is 12.3. The Balaban J connectivity index is 1.77. The number of ether oxygens (including phenoxy) is 1. The number of hydrogen-bond donors (Lipinski definition) is 1. The van der Waals surface area contributed by atoms with Crippen molar-refractivity contribution < 1.29 is 17.9 Å². The second kappa shape index (κ2) is 9.22. The van der Waals surface area contributed by atoms with Gasteiger partial charge in [0, 0.05) is 38.9 Å². The predicted molar refractivity (Wildman–Crippen MR) is 93.0 cm³/mol. The number of halogens is 3. The van der Waals surface area contributed by atoms with Gasteiger partial charge in [-0.1, -0.05) is 0 Å². The van der Waals surface area contributed by atoms with Crippen molar-refractivity contribution in [2.75, 3.05) is 53.4 Å². The van der Waals surface area contributed by atoms with Crippen molar-refractivity contribution >= 4 is 5.96 Å². The van der Waals surface area contributed by atoms with Crippen LogP contribution in [0.3, 0.4) is 0 Å². The first-order valence-electron chi connectivity index (χ1n) is 8.59. The monoisotopic (exact) mass is 376 g/mol. The highest BCUT2D eigenvalue weighted by Gasteiger charge is 2.29. The van der Waals surface area contributed by atoms with Crippen LogP contribution in [0.15, 0.2) is 17.4 Å². The van der Waals surface area contributed by atoms with Crippen LogP contribution < -0.4 is 5.32 Å². The van der Waals surface area contributed by atoms with Crippen molar-refractivity contribution in [3.63, 3.8) is 0 Å². The minimum atomic E-state index is -4.16. The number of morpholine rings is 1. The number of alkyl halides is 3. The van der Waals surface area contributed by atoms with Gasteiger partial charge in [-0.05, 0) is 20.0 Å². The van der Waals surface area contributed by atoms with E-state index in [9.17, 15) is 13.2 Å². The van der Waals surface area contributed by atoms with Crippen LogP contribution in [0, 0.1) is 0 Å². The largest absolute Gasteiger partial charge is 0.401 e. The van der Waals surface area contributed by atoms with Crippen LogP contribution in [0.2, 0.25) is 0 Å². The Bertz CT molecular complexity index is 589. The second-order valence-electron chi connectivity index (χ2n) is 6.43. The Morgan fingerprint density at radius 2 is 2.27 bits per heavy atom. The van der Waals surface area contributed by atoms with Crippen molar-refractivity contribution in [3.05, 3.63) is 18.0 Å². The van der Waals surface area contributed by atoms with E-state index in [1.165, 1.54) is 11.9 Å². The van der Waals surface area contributed by atoms with Crippen LogP contribution in [-0.2, 0) is 11.8 Å². The fourth-order valence-corrected chi connectivity index (χ4v) is 2.92. The van der Waals surface area contributed by atoms with Gasteiger partial charge in [0.1, 0.15) is 6.10 Å². The lowest BCUT2D eigenvalue weighted by molar-refractivity contribution is -0.143. The molecule has 26 heavy (non-hydrogen) atoms. The molecule has 0 radical (unpaired) electrons. The maximum atomic E-state index is 12.3. The van der Waals surface area contributed by atoms with Gasteiger partial charge in [0.2, 0.25) is 0 Å². The molecule has 2 rings (SSSR count). The molecule has 1 fully saturated rings. The van der Waals surface area contributed by atoms with Crippen LogP contribution >= 0.6 is 0 Å². The van der Waals surface area contributed by atoms with E-state index in [-0.39, 0.29) is 6.10 Å². The molecule has 1 saturated heterocycles. The minimum absolute atomic E-state index is 0.0751. The predicted octanol–water partition coefficient (Wildman–Crippen LogP) is 1.25. The standard InChI is InChI=1S/C16H27F3N6O/c1-20-15(21-5-4-6-23(2)12-16(17,18)19)25-7-8-26-14(11-25)13-9-22-24(3)10-13/h9-10,14H,4-8,11-12H2,1-3H3,(H,20,21). The summed E-state index contributed by atoms with van der Waals surface area (Å²) in [6.07, 6.45) is 0.0886. The highest BCUT2D eigenvalue weighted by molar-refractivity contribution is 5.80. The van der Waals surface area contributed by atoms with Gasteiger partial charge < -0.3 is 15.0 Å². The highest BCUT2D eigenvalue weighted by Crippen LogP contribution is 2.21. The molecule has 0 aliphatic carbocycles. The van der Waals surface area contributed by atoms with E-state index in [4.69, 9.17) is 4.74 Å². The fraction of sp³-hybridized carbons (Fsp3) is 0.750. The molecule has 1 atom stereocenters. The zero-order valence-electron chi connectivity index (χ0n) is 15.5. The summed E-state index contributed by atoms with van der Waals surface area (Å²) in [6, 6.07) is 0. The summed E-state index contributed by atoms with van der Waals surface area (Å²) in [7, 11) is 5.04. The Hall–Kier alpha value is -1.81. The lowest BCUT2D eigenvalue weighted by Gasteiger charge is -2.34. The quantitative estimate of drug-likeness (QED) is 0.460. The van der Waals surface area contributed by atoms with Gasteiger partial charge in [0.25, 0.3) is 0 Å². The van der Waals surface area contributed by atoms with E-state index in [1.807, 2.05) is 13.2 Å². The third kappa shape index (κ3) is 6.49. The topological polar surface area (TPSA) is 57.9 Å². The Kier molecular flexibility index (Phi) is 7.27. The van der Waals surface area contributed by atoms with Crippen LogP contribution in [0.25, 0.3) is 0 Å². The van der Waals surface area contributed by atoms with Crippen molar-refractivity contribution in [2.24, 2.45) is 12.0 Å². The number of aliphatic imine (C=N–C) groups is 1. The van der Waals surface area contributed by atoms with Gasteiger partial charge in [-0.25, -0.2) is 0 Å². The Morgan fingerprint density at radius 1 is 1.50 bits per heavy atom. The molecule has 1 unspecified atom stereocenters. The lowest BCUT2D eigenvalue weighted by Crippen LogP contribution is -2.48. The average Bonchev–Trinajstić information content (AvgIpc) is 3.00. The van der Waals surface area contributed by atoms with Gasteiger partial charge >= 0.3 is 6.18 Å². The third-order valence-corrected chi connectivity index (χ3v) is 4.12. The molecule has 1 aliphatic heterocycles. The summed E-state index contributed by atoms with van der Waals surface area (Å²) in [6.45, 7) is 1.98. The molecule has 10 heteroatoms. The van der Waals surface area contributed by atoms with E-state index < -0.39 is 12.7 Å². The molecule has 0 amide bonds. The van der Waals surface area contributed by atoms with Crippen LogP contribution in [0.1, 0.15) is 18.1 Å². The SMILES string of the molecule is CN=C(NCCCN(C)CC(F)(F)F)N1CCOC(c2cnn(C)c2)C1. The second-order valence-corrected chi connectivity index (χ2v) is 6.43. The number of hydrogen-bond acceptors (Lipinski definition) is 4. The minimum Gasteiger partial charge on any atom is -0.370 e. The van der Waals surface area contributed by atoms with E-state index in [0.717, 1.165) is 11.5 Å². The first-order valence-corrected chi connectivity index (χ1v) is 8.59. The van der Waals surface area contributed by atoms with Crippen LogP contribution in [0.4, 0.5) is 13.2 Å². The number of aryl methyl sites for hydroxylation is 1. The first kappa shape index (κ1) is 20.5. The zero-order valence-corrected chi connectivity index (χ0v) is 15.5. The Morgan fingerprint density at radius 3 is 2.88 bits per heavy atom. The summed E-state index contributed by atoms with van der Waals surface area (Å²) >= 11 is 0. The molecule has 0 aromatic carbocycles. The molecule has 0 saturated carbocycles. The van der Waals surface area contributed by atoms with E-state index in [0.29, 0.717) is 39.2 Å². The molecular weight excluding hydrogens is 349 g/mol. The molecule has 148 valence electrons. The molecule has 1 N–H and O–H groups in total. The number of aromatic nitrogens is 2. The normalized spacial score (nSPS) is 19.3. The van der Waals surface area contributed by atoms with Crippen molar-refractivity contribution in [1.82, 2.24) is 24.9 Å².